The number of nitrogens with zero attached hydrogens (tertiary/aromatic N) is 2. The van der Waals surface area contributed by atoms with Gasteiger partial charge in [-0.15, -0.1) is 12.4 Å². The first-order valence-corrected chi connectivity index (χ1v) is 11.3. The Morgan fingerprint density at radius 2 is 1.94 bits per heavy atom. The van der Waals surface area contributed by atoms with E-state index in [9.17, 15) is 8.42 Å². The summed E-state index contributed by atoms with van der Waals surface area (Å²) in [5, 5.41) is 7.54. The van der Waals surface area contributed by atoms with Crippen molar-refractivity contribution < 1.29 is 13.2 Å². The van der Waals surface area contributed by atoms with Gasteiger partial charge in [-0.25, -0.2) is 17.4 Å². The molecule has 2 aromatic carbocycles. The Morgan fingerprint density at radius 1 is 1.12 bits per heavy atom. The molecule has 168 valence electrons. The lowest BCUT2D eigenvalue weighted by atomic mass is 10.1. The van der Waals surface area contributed by atoms with Gasteiger partial charge >= 0.3 is 0 Å². The summed E-state index contributed by atoms with van der Waals surface area (Å²) in [5.74, 6) is 0.445. The van der Waals surface area contributed by atoms with Crippen molar-refractivity contribution in [2.75, 3.05) is 19.5 Å². The van der Waals surface area contributed by atoms with E-state index >= 15 is 0 Å². The highest BCUT2D eigenvalue weighted by Crippen LogP contribution is 2.31. The van der Waals surface area contributed by atoms with Crippen LogP contribution in [0.4, 0.5) is 11.4 Å². The summed E-state index contributed by atoms with van der Waals surface area (Å²) in [7, 11) is -0.485. The molecule has 0 aliphatic rings. The molecule has 0 amide bonds. The topological polar surface area (TPSA) is 85.3 Å². The first-order chi connectivity index (χ1) is 14.9. The van der Waals surface area contributed by atoms with Crippen LogP contribution in [-0.4, -0.2) is 31.5 Å². The maximum atomic E-state index is 13.4. The Hall–Kier alpha value is -2.78. The first-order valence-electron chi connectivity index (χ1n) is 9.50. The molecule has 2 aromatic heterocycles. The van der Waals surface area contributed by atoms with Crippen LogP contribution in [0.25, 0.3) is 10.9 Å². The predicted molar refractivity (Wildman–Crippen MR) is 130 cm³/mol. The van der Waals surface area contributed by atoms with Gasteiger partial charge in [0.25, 0.3) is 10.0 Å². The monoisotopic (exact) mass is 492 g/mol. The van der Waals surface area contributed by atoms with Gasteiger partial charge in [0.2, 0.25) is 5.88 Å². The third-order valence-corrected chi connectivity index (χ3v) is 6.72. The molecule has 0 unspecified atom stereocenters. The van der Waals surface area contributed by atoms with Crippen LogP contribution in [0.2, 0.25) is 5.02 Å². The summed E-state index contributed by atoms with van der Waals surface area (Å²) in [5.41, 5.74) is 2.80. The Kier molecular flexibility index (Phi) is 7.30. The van der Waals surface area contributed by atoms with Crippen molar-refractivity contribution in [1.29, 1.82) is 0 Å². The molecule has 0 spiro atoms. The minimum Gasteiger partial charge on any atom is -0.480 e. The average molecular weight is 493 g/mol. The second-order valence-corrected chi connectivity index (χ2v) is 9.11. The lowest BCUT2D eigenvalue weighted by molar-refractivity contribution is 0.400. The highest BCUT2D eigenvalue weighted by Gasteiger charge is 2.22. The quantitative estimate of drug-likeness (QED) is 0.384. The molecule has 0 bridgehead atoms. The molecule has 0 atom stereocenters. The van der Waals surface area contributed by atoms with Crippen molar-refractivity contribution in [2.45, 2.75) is 11.4 Å². The molecular formula is C22H22Cl2N4O3S. The average Bonchev–Trinajstić information content (AvgIpc) is 3.13. The van der Waals surface area contributed by atoms with Crippen molar-refractivity contribution in [3.63, 3.8) is 0 Å². The van der Waals surface area contributed by atoms with E-state index in [1.807, 2.05) is 25.2 Å². The molecule has 4 rings (SSSR count). The van der Waals surface area contributed by atoms with Crippen LogP contribution in [0.5, 0.6) is 5.88 Å². The number of hydrogen-bond acceptors (Lipinski definition) is 6. The molecule has 0 saturated carbocycles. The molecule has 0 aliphatic carbocycles. The van der Waals surface area contributed by atoms with Crippen LogP contribution in [0.3, 0.4) is 0 Å². The summed E-state index contributed by atoms with van der Waals surface area (Å²) in [6.07, 6.45) is 3.28. The van der Waals surface area contributed by atoms with Crippen molar-refractivity contribution in [2.24, 2.45) is 0 Å². The van der Waals surface area contributed by atoms with E-state index in [1.165, 1.54) is 16.1 Å². The fourth-order valence-corrected chi connectivity index (χ4v) is 5.10. The zero-order chi connectivity index (χ0) is 22.0. The van der Waals surface area contributed by atoms with Gasteiger partial charge in [0.05, 0.1) is 17.5 Å². The molecule has 4 aromatic rings. The second-order valence-electron chi connectivity index (χ2n) is 6.86. The summed E-state index contributed by atoms with van der Waals surface area (Å²) in [6.45, 7) is 0.526. The SMILES string of the molecule is CNCc1cn(S(=O)(=O)c2cccc(Cl)c2)c2cc(Nc3cccnc3OC)ccc12.Cl. The van der Waals surface area contributed by atoms with E-state index in [1.54, 1.807) is 43.8 Å². The minimum absolute atomic E-state index is 0. The number of nitrogens with one attached hydrogen (secondary N) is 2. The Balaban J connectivity index is 0.00000289. The molecule has 0 radical (unpaired) electrons. The van der Waals surface area contributed by atoms with Crippen molar-refractivity contribution in [3.05, 3.63) is 77.6 Å². The standard InChI is InChI=1S/C22H21ClN4O3S.ClH/c1-24-13-15-14-27(31(28,29)18-6-3-5-16(23)11-18)21-12-17(8-9-19(15)21)26-20-7-4-10-25-22(20)30-2;/h3-12,14,24,26H,13H2,1-2H3;1H. The van der Waals surface area contributed by atoms with Crippen LogP contribution < -0.4 is 15.4 Å². The summed E-state index contributed by atoms with van der Waals surface area (Å²) in [4.78, 5) is 4.31. The van der Waals surface area contributed by atoms with Crippen molar-refractivity contribution in [3.8, 4) is 5.88 Å². The minimum atomic E-state index is -3.85. The van der Waals surface area contributed by atoms with Crippen LogP contribution in [-0.2, 0) is 16.6 Å². The van der Waals surface area contributed by atoms with Gasteiger partial charge < -0.3 is 15.4 Å². The van der Waals surface area contributed by atoms with Gasteiger partial charge in [-0.1, -0.05) is 23.7 Å². The van der Waals surface area contributed by atoms with Gasteiger partial charge in [0.15, 0.2) is 0 Å². The fourth-order valence-electron chi connectivity index (χ4n) is 3.42. The number of pyridine rings is 1. The maximum absolute atomic E-state index is 13.4. The van der Waals surface area contributed by atoms with E-state index in [0.717, 1.165) is 10.9 Å². The molecule has 0 fully saturated rings. The smallest absolute Gasteiger partial charge is 0.268 e. The second kappa shape index (κ2) is 9.79. The van der Waals surface area contributed by atoms with Gasteiger partial charge in [0.1, 0.15) is 5.69 Å². The molecule has 7 nitrogen and oxygen atoms in total. The Morgan fingerprint density at radius 3 is 2.66 bits per heavy atom. The molecule has 2 heterocycles. The van der Waals surface area contributed by atoms with E-state index in [2.05, 4.69) is 15.6 Å². The fraction of sp³-hybridized carbons (Fsp3) is 0.136. The number of fused-ring (bicyclic) bond motifs is 1. The van der Waals surface area contributed by atoms with Crippen LogP contribution in [0.15, 0.2) is 71.9 Å². The van der Waals surface area contributed by atoms with Gasteiger partial charge in [-0.05, 0) is 55.1 Å². The highest BCUT2D eigenvalue weighted by molar-refractivity contribution is 7.90. The zero-order valence-electron chi connectivity index (χ0n) is 17.4. The lowest BCUT2D eigenvalue weighted by Crippen LogP contribution is -2.12. The van der Waals surface area contributed by atoms with Gasteiger partial charge in [0, 0.05) is 35.0 Å². The number of halogens is 2. The number of anilines is 2. The highest BCUT2D eigenvalue weighted by atomic mass is 35.5. The van der Waals surface area contributed by atoms with Crippen LogP contribution in [0.1, 0.15) is 5.56 Å². The predicted octanol–water partition coefficient (Wildman–Crippen LogP) is 4.82. The maximum Gasteiger partial charge on any atom is 0.268 e. The zero-order valence-corrected chi connectivity index (χ0v) is 19.8. The normalized spacial score (nSPS) is 11.2. The summed E-state index contributed by atoms with van der Waals surface area (Å²) < 4.78 is 33.4. The summed E-state index contributed by atoms with van der Waals surface area (Å²) in [6, 6.07) is 15.5. The van der Waals surface area contributed by atoms with Crippen molar-refractivity contribution >= 4 is 56.3 Å². The lowest BCUT2D eigenvalue weighted by Gasteiger charge is -2.11. The van der Waals surface area contributed by atoms with E-state index in [4.69, 9.17) is 16.3 Å². The number of hydrogen-bond donors (Lipinski definition) is 2. The molecule has 0 aliphatic heterocycles. The number of methoxy groups -OCH3 is 1. The van der Waals surface area contributed by atoms with Crippen LogP contribution >= 0.6 is 24.0 Å². The van der Waals surface area contributed by atoms with E-state index in [-0.39, 0.29) is 17.3 Å². The summed E-state index contributed by atoms with van der Waals surface area (Å²) >= 11 is 6.04. The number of aromatic nitrogens is 2. The van der Waals surface area contributed by atoms with E-state index < -0.39 is 10.0 Å². The Bertz CT molecular complexity index is 1360. The third-order valence-electron chi connectivity index (χ3n) is 4.82. The largest absolute Gasteiger partial charge is 0.480 e. The van der Waals surface area contributed by atoms with Gasteiger partial charge in [-0.3, -0.25) is 0 Å². The number of ether oxygens (including phenoxy) is 1. The molecule has 32 heavy (non-hydrogen) atoms. The number of rotatable bonds is 7. The third kappa shape index (κ3) is 4.54. The van der Waals surface area contributed by atoms with Crippen molar-refractivity contribution in [1.82, 2.24) is 14.3 Å². The van der Waals surface area contributed by atoms with Crippen LogP contribution in [0, 0.1) is 0 Å². The van der Waals surface area contributed by atoms with Gasteiger partial charge in [-0.2, -0.15) is 0 Å². The molecular weight excluding hydrogens is 471 g/mol. The van der Waals surface area contributed by atoms with E-state index in [0.29, 0.717) is 34.3 Å². The molecule has 2 N–H and O–H groups in total. The molecule has 10 heteroatoms. The Labute approximate surface area is 197 Å². The molecule has 0 saturated heterocycles. The number of benzene rings is 2. The first kappa shape index (κ1) is 23.9.